The maximum absolute atomic E-state index is 13.6. The van der Waals surface area contributed by atoms with E-state index in [1.807, 2.05) is 0 Å². The number of anilines is 1. The Morgan fingerprint density at radius 1 is 1.12 bits per heavy atom. The number of nitrogens with one attached hydrogen (secondary N) is 1. The lowest BCUT2D eigenvalue weighted by atomic mass is 10.2. The summed E-state index contributed by atoms with van der Waals surface area (Å²) in [5.74, 6) is -1.77. The highest BCUT2D eigenvalue weighted by atomic mass is 19.1. The first kappa shape index (κ1) is 20.6. The van der Waals surface area contributed by atoms with Gasteiger partial charge in [0, 0.05) is 41.6 Å². The average molecular weight is 438 g/mol. The molecule has 0 atom stereocenters. The molecule has 4 aromatic rings. The number of amides is 1. The quantitative estimate of drug-likeness (QED) is 0.246. The maximum atomic E-state index is 13.6. The van der Waals surface area contributed by atoms with Crippen molar-refractivity contribution in [1.29, 1.82) is 0 Å². The van der Waals surface area contributed by atoms with Gasteiger partial charge in [0.2, 0.25) is 5.91 Å². The highest BCUT2D eigenvalue weighted by Gasteiger charge is 2.18. The molecule has 0 aliphatic carbocycles. The number of hydrogen-bond donors (Lipinski definition) is 3. The van der Waals surface area contributed by atoms with Gasteiger partial charge in [-0.05, 0) is 36.4 Å². The molecule has 1 amide bonds. The molecule has 0 fully saturated rings. The highest BCUT2D eigenvalue weighted by Crippen LogP contribution is 2.26. The monoisotopic (exact) mass is 438 g/mol. The largest absolute Gasteiger partial charge is 0.426 e. The van der Waals surface area contributed by atoms with Crippen LogP contribution in [0.4, 0.5) is 20.3 Å². The Hall–Kier alpha value is -4.67. The van der Waals surface area contributed by atoms with E-state index in [1.165, 1.54) is 42.6 Å². The van der Waals surface area contributed by atoms with Gasteiger partial charge in [-0.15, -0.1) is 0 Å². The van der Waals surface area contributed by atoms with Crippen molar-refractivity contribution in [3.8, 4) is 11.4 Å². The molecule has 0 aliphatic rings. The van der Waals surface area contributed by atoms with Crippen LogP contribution in [0.2, 0.25) is 0 Å². The lowest BCUT2D eigenvalue weighted by molar-refractivity contribution is -0.729. The molecule has 3 N–H and O–H groups in total. The first-order valence-corrected chi connectivity index (χ1v) is 9.10. The summed E-state index contributed by atoms with van der Waals surface area (Å²) in [5, 5.41) is 21.9. The van der Waals surface area contributed by atoms with Crippen molar-refractivity contribution in [2.24, 2.45) is 0 Å². The first-order chi connectivity index (χ1) is 15.3. The maximum Gasteiger partial charge on any atom is 0.318 e. The number of pyridine rings is 1. The number of carbonyl (C=O) groups excluding carboxylic acids is 1. The van der Waals surface area contributed by atoms with Crippen LogP contribution < -0.4 is 5.32 Å². The fraction of sp³-hybridized carbons (Fsp3) is 0. The normalized spacial score (nSPS) is 11.2. The zero-order valence-corrected chi connectivity index (χ0v) is 16.1. The Balaban J connectivity index is 1.50. The number of benzene rings is 2. The van der Waals surface area contributed by atoms with Gasteiger partial charge in [-0.2, -0.15) is 4.73 Å². The number of rotatable bonds is 5. The van der Waals surface area contributed by atoms with Gasteiger partial charge in [0.15, 0.2) is 5.82 Å². The molecule has 32 heavy (non-hydrogen) atoms. The molecule has 0 saturated heterocycles. The van der Waals surface area contributed by atoms with Crippen LogP contribution >= 0.6 is 0 Å². The van der Waals surface area contributed by atoms with E-state index in [1.54, 1.807) is 6.07 Å². The summed E-state index contributed by atoms with van der Waals surface area (Å²) >= 11 is 0. The Kier molecular flexibility index (Phi) is 5.29. The fourth-order valence-corrected chi connectivity index (χ4v) is 2.93. The Morgan fingerprint density at radius 2 is 1.94 bits per heavy atom. The van der Waals surface area contributed by atoms with E-state index in [0.29, 0.717) is 17.1 Å². The van der Waals surface area contributed by atoms with Crippen LogP contribution in [0.15, 0.2) is 60.8 Å². The van der Waals surface area contributed by atoms with Gasteiger partial charge in [0.05, 0.1) is 10.4 Å². The van der Waals surface area contributed by atoms with Gasteiger partial charge in [0.25, 0.3) is 4.92 Å². The van der Waals surface area contributed by atoms with Crippen molar-refractivity contribution in [2.75, 3.05) is 5.32 Å². The van der Waals surface area contributed by atoms with Gasteiger partial charge in [-0.25, -0.2) is 24.0 Å². The number of imidazole rings is 1. The molecule has 4 rings (SSSR count). The molecular weight excluding hydrogens is 424 g/mol. The Bertz CT molecular complexity index is 1380. The van der Waals surface area contributed by atoms with E-state index < -0.39 is 17.5 Å². The third-order valence-electron chi connectivity index (χ3n) is 4.48. The summed E-state index contributed by atoms with van der Waals surface area (Å²) in [6.07, 6.45) is 3.65. The molecule has 0 bridgehead atoms. The second kappa shape index (κ2) is 8.22. The minimum Gasteiger partial charge on any atom is -0.426 e. The van der Waals surface area contributed by atoms with Crippen LogP contribution in [0.3, 0.4) is 0 Å². The summed E-state index contributed by atoms with van der Waals surface area (Å²) in [5.41, 5.74) is 0.960. The van der Waals surface area contributed by atoms with Gasteiger partial charge < -0.3 is 10.5 Å². The number of fused-ring (bicyclic) bond motifs is 1. The second-order valence-electron chi connectivity index (χ2n) is 6.61. The molecule has 2 heterocycles. The van der Waals surface area contributed by atoms with Crippen molar-refractivity contribution in [3.63, 3.8) is 0 Å². The van der Waals surface area contributed by atoms with E-state index in [-0.39, 0.29) is 33.3 Å². The summed E-state index contributed by atoms with van der Waals surface area (Å²) in [7, 11) is 0. The summed E-state index contributed by atoms with van der Waals surface area (Å²) in [4.78, 5) is 31.1. The number of halogens is 2. The smallest absolute Gasteiger partial charge is 0.318 e. The summed E-state index contributed by atoms with van der Waals surface area (Å²) in [6.45, 7) is 0. The number of nitrogens with zero attached hydrogens (tertiary/aromatic N) is 4. The van der Waals surface area contributed by atoms with E-state index in [2.05, 4.69) is 15.3 Å². The van der Waals surface area contributed by atoms with Crippen LogP contribution in [-0.4, -0.2) is 35.9 Å². The molecule has 11 heteroatoms. The summed E-state index contributed by atoms with van der Waals surface area (Å²) in [6, 6.07) is 10.1. The van der Waals surface area contributed by atoms with Crippen molar-refractivity contribution < 1.29 is 28.9 Å². The Morgan fingerprint density at radius 3 is 2.62 bits per heavy atom. The van der Waals surface area contributed by atoms with E-state index in [0.717, 1.165) is 16.9 Å². The van der Waals surface area contributed by atoms with Crippen LogP contribution in [0, 0.1) is 16.5 Å². The molecule has 0 saturated carbocycles. The topological polar surface area (TPSA) is 120 Å². The van der Waals surface area contributed by atoms with Crippen molar-refractivity contribution in [1.82, 2.24) is 14.7 Å². The summed E-state index contributed by atoms with van der Waals surface area (Å²) < 4.78 is 27.3. The molecule has 160 valence electrons. The fourth-order valence-electron chi connectivity index (χ4n) is 2.93. The average Bonchev–Trinajstić information content (AvgIpc) is 3.09. The predicted octanol–water partition coefficient (Wildman–Crippen LogP) is 4.07. The minimum atomic E-state index is -0.794. The van der Waals surface area contributed by atoms with Gasteiger partial charge in [-0.3, -0.25) is 4.79 Å². The lowest BCUT2D eigenvalue weighted by Crippen LogP contribution is -2.09. The van der Waals surface area contributed by atoms with Gasteiger partial charge >= 0.3 is 5.69 Å². The lowest BCUT2D eigenvalue weighted by Gasteiger charge is -2.04. The number of aromatic nitrogens is 3. The van der Waals surface area contributed by atoms with E-state index in [9.17, 15) is 23.7 Å². The van der Waals surface area contributed by atoms with Crippen LogP contribution in [0.25, 0.3) is 28.5 Å². The van der Waals surface area contributed by atoms with E-state index in [4.69, 9.17) is 5.21 Å². The molecule has 2 aromatic carbocycles. The highest BCUT2D eigenvalue weighted by molar-refractivity contribution is 6.01. The SMILES string of the molecule is O=C(/C=C/c1ccc(F)cc1F)Nc1ccc(-c2nc3ccc([N+](=O)O)cc3n2O)cn1. The van der Waals surface area contributed by atoms with Crippen molar-refractivity contribution >= 4 is 34.5 Å². The molecule has 2 aromatic heterocycles. The third-order valence-corrected chi connectivity index (χ3v) is 4.48. The molecule has 0 radical (unpaired) electrons. The molecular formula is C21H14F2N5O4+. The minimum absolute atomic E-state index is 0.0520. The molecule has 0 spiro atoms. The van der Waals surface area contributed by atoms with Crippen molar-refractivity contribution in [3.05, 3.63) is 82.9 Å². The zero-order valence-electron chi connectivity index (χ0n) is 16.1. The van der Waals surface area contributed by atoms with Gasteiger partial charge in [-0.1, -0.05) is 0 Å². The Labute approximate surface area is 178 Å². The van der Waals surface area contributed by atoms with Crippen molar-refractivity contribution in [2.45, 2.75) is 0 Å². The number of hydrogen-bond acceptors (Lipinski definition) is 5. The predicted molar refractivity (Wildman–Crippen MR) is 109 cm³/mol. The van der Waals surface area contributed by atoms with Crippen LogP contribution in [0.5, 0.6) is 0 Å². The second-order valence-corrected chi connectivity index (χ2v) is 6.61. The molecule has 0 aliphatic heterocycles. The van der Waals surface area contributed by atoms with Crippen LogP contribution in [-0.2, 0) is 4.79 Å². The standard InChI is InChI=1S/C21H13F2N5O4/c22-14-4-1-12(16(23)9-14)3-8-20(29)26-19-7-2-13(11-24-19)21-25-17-6-5-15(28(31)32)10-18(17)27(21)30/h1-11,30H,(H-,24,25,26,29,31,32)/p+1/b8-3+. The van der Waals surface area contributed by atoms with Gasteiger partial charge in [0.1, 0.15) is 23.0 Å². The van der Waals surface area contributed by atoms with E-state index >= 15 is 0 Å². The van der Waals surface area contributed by atoms with Crippen LogP contribution in [0.1, 0.15) is 5.56 Å². The first-order valence-electron chi connectivity index (χ1n) is 9.10. The third kappa shape index (κ3) is 4.12. The molecule has 9 nitrogen and oxygen atoms in total. The number of carbonyl (C=O) groups is 1. The molecule has 0 unspecified atom stereocenters. The zero-order chi connectivity index (χ0) is 22.8.